The van der Waals surface area contributed by atoms with Crippen LogP contribution in [0.1, 0.15) is 18.1 Å². The Morgan fingerprint density at radius 2 is 1.76 bits per heavy atom. The lowest BCUT2D eigenvalue weighted by Crippen LogP contribution is -2.21. The van der Waals surface area contributed by atoms with Crippen LogP contribution < -0.4 is 10.6 Å². The Morgan fingerprint density at radius 1 is 1.19 bits per heavy atom. The van der Waals surface area contributed by atoms with Crippen molar-refractivity contribution in [3.05, 3.63) is 59.2 Å². The standard InChI is InChI=1S/C16H17F2N3/c1-3-21(14-7-5-4-6-10(14)2)15-12(17)8-11(16(19)20)9-13(15)18/h4-9H,3H2,1-2H3,(H3,19,20). The minimum Gasteiger partial charge on any atom is -0.384 e. The normalized spacial score (nSPS) is 10.5. The Kier molecular flexibility index (Phi) is 4.21. The topological polar surface area (TPSA) is 53.1 Å². The molecule has 0 radical (unpaired) electrons. The van der Waals surface area contributed by atoms with Crippen LogP contribution in [0.25, 0.3) is 0 Å². The van der Waals surface area contributed by atoms with Crippen molar-refractivity contribution in [1.29, 1.82) is 5.41 Å². The lowest BCUT2D eigenvalue weighted by Gasteiger charge is -2.26. The summed E-state index contributed by atoms with van der Waals surface area (Å²) in [6.45, 7) is 4.13. The minimum absolute atomic E-state index is 0.0367. The first-order valence-electron chi connectivity index (χ1n) is 6.62. The third-order valence-corrected chi connectivity index (χ3v) is 3.32. The van der Waals surface area contributed by atoms with E-state index in [9.17, 15) is 8.78 Å². The van der Waals surface area contributed by atoms with Gasteiger partial charge in [0.05, 0.1) is 0 Å². The van der Waals surface area contributed by atoms with Crippen LogP contribution >= 0.6 is 0 Å². The molecule has 0 aromatic heterocycles. The molecule has 2 aromatic rings. The summed E-state index contributed by atoms with van der Waals surface area (Å²) in [6, 6.07) is 9.57. The van der Waals surface area contributed by atoms with Gasteiger partial charge >= 0.3 is 0 Å². The third-order valence-electron chi connectivity index (χ3n) is 3.32. The van der Waals surface area contributed by atoms with Crippen molar-refractivity contribution in [3.63, 3.8) is 0 Å². The molecule has 0 aliphatic heterocycles. The lowest BCUT2D eigenvalue weighted by atomic mass is 10.1. The smallest absolute Gasteiger partial charge is 0.150 e. The molecule has 110 valence electrons. The average molecular weight is 289 g/mol. The van der Waals surface area contributed by atoms with E-state index in [-0.39, 0.29) is 17.1 Å². The summed E-state index contributed by atoms with van der Waals surface area (Å²) < 4.78 is 28.6. The molecule has 0 fully saturated rings. The van der Waals surface area contributed by atoms with Crippen molar-refractivity contribution in [2.45, 2.75) is 13.8 Å². The van der Waals surface area contributed by atoms with Crippen molar-refractivity contribution in [3.8, 4) is 0 Å². The maximum atomic E-state index is 14.3. The Balaban J connectivity index is 2.59. The SMILES string of the molecule is CCN(c1ccccc1C)c1c(F)cc(C(=N)N)cc1F. The Bertz CT molecular complexity index is 660. The Morgan fingerprint density at radius 3 is 2.24 bits per heavy atom. The molecule has 0 aliphatic carbocycles. The van der Waals surface area contributed by atoms with Crippen molar-refractivity contribution >= 4 is 17.2 Å². The van der Waals surface area contributed by atoms with Crippen LogP contribution in [-0.2, 0) is 0 Å². The van der Waals surface area contributed by atoms with E-state index in [0.29, 0.717) is 6.54 Å². The number of nitrogens with zero attached hydrogens (tertiary/aromatic N) is 1. The summed E-state index contributed by atoms with van der Waals surface area (Å²) in [4.78, 5) is 1.57. The van der Waals surface area contributed by atoms with Gasteiger partial charge in [-0.25, -0.2) is 8.78 Å². The minimum atomic E-state index is -0.731. The van der Waals surface area contributed by atoms with Crippen LogP contribution in [0.2, 0.25) is 0 Å². The molecule has 0 atom stereocenters. The monoisotopic (exact) mass is 289 g/mol. The molecule has 3 nitrogen and oxygen atoms in total. The number of aryl methyl sites for hydroxylation is 1. The number of benzene rings is 2. The molecular formula is C16H17F2N3. The molecule has 0 aliphatic rings. The fourth-order valence-electron chi connectivity index (χ4n) is 2.29. The molecule has 3 N–H and O–H groups in total. The number of anilines is 2. The van der Waals surface area contributed by atoms with E-state index < -0.39 is 11.6 Å². The number of nitrogens with two attached hydrogens (primary N) is 1. The van der Waals surface area contributed by atoms with E-state index in [1.165, 1.54) is 0 Å². The number of hydrogen-bond acceptors (Lipinski definition) is 2. The first kappa shape index (κ1) is 15.0. The molecule has 0 amide bonds. The summed E-state index contributed by atoms with van der Waals surface area (Å²) in [5.74, 6) is -1.83. The zero-order valence-electron chi connectivity index (χ0n) is 12.0. The quantitative estimate of drug-likeness (QED) is 0.666. The fraction of sp³-hybridized carbons (Fsp3) is 0.188. The number of amidine groups is 1. The number of hydrogen-bond donors (Lipinski definition) is 2. The van der Waals surface area contributed by atoms with Gasteiger partial charge in [-0.15, -0.1) is 0 Å². The fourth-order valence-corrected chi connectivity index (χ4v) is 2.29. The molecule has 21 heavy (non-hydrogen) atoms. The molecule has 2 aromatic carbocycles. The van der Waals surface area contributed by atoms with Gasteiger partial charge in [-0.05, 0) is 37.6 Å². The van der Waals surface area contributed by atoms with E-state index in [1.54, 1.807) is 4.90 Å². The molecule has 0 spiro atoms. The van der Waals surface area contributed by atoms with Gasteiger partial charge in [-0.2, -0.15) is 0 Å². The number of para-hydroxylation sites is 1. The van der Waals surface area contributed by atoms with Gasteiger partial charge in [-0.1, -0.05) is 18.2 Å². The van der Waals surface area contributed by atoms with Crippen LogP contribution in [0.5, 0.6) is 0 Å². The molecular weight excluding hydrogens is 272 g/mol. The highest BCUT2D eigenvalue weighted by molar-refractivity contribution is 5.95. The summed E-state index contributed by atoms with van der Waals surface area (Å²) in [7, 11) is 0. The first-order valence-corrected chi connectivity index (χ1v) is 6.62. The zero-order chi connectivity index (χ0) is 15.6. The predicted octanol–water partition coefficient (Wildman–Crippen LogP) is 3.72. The van der Waals surface area contributed by atoms with Crippen LogP contribution in [-0.4, -0.2) is 12.4 Å². The highest BCUT2D eigenvalue weighted by atomic mass is 19.1. The molecule has 0 saturated carbocycles. The van der Waals surface area contributed by atoms with Gasteiger partial charge in [0.1, 0.15) is 11.5 Å². The molecule has 0 heterocycles. The van der Waals surface area contributed by atoms with Gasteiger partial charge in [0.25, 0.3) is 0 Å². The summed E-state index contributed by atoms with van der Waals surface area (Å²) >= 11 is 0. The van der Waals surface area contributed by atoms with E-state index in [1.807, 2.05) is 38.1 Å². The zero-order valence-corrected chi connectivity index (χ0v) is 12.0. The Labute approximate surface area is 122 Å². The number of nitrogens with one attached hydrogen (secondary N) is 1. The lowest BCUT2D eigenvalue weighted by molar-refractivity contribution is 0.580. The van der Waals surface area contributed by atoms with Gasteiger partial charge in [0.2, 0.25) is 0 Å². The van der Waals surface area contributed by atoms with Crippen LogP contribution in [0, 0.1) is 24.0 Å². The third kappa shape index (κ3) is 2.86. The number of nitrogen functional groups attached to an aromatic ring is 1. The average Bonchev–Trinajstić information content (AvgIpc) is 2.43. The highest BCUT2D eigenvalue weighted by Gasteiger charge is 2.20. The van der Waals surface area contributed by atoms with E-state index in [4.69, 9.17) is 11.1 Å². The summed E-state index contributed by atoms with van der Waals surface area (Å²) in [5.41, 5.74) is 6.86. The van der Waals surface area contributed by atoms with Crippen molar-refractivity contribution in [1.82, 2.24) is 0 Å². The first-order chi connectivity index (χ1) is 9.95. The maximum absolute atomic E-state index is 14.3. The Hall–Kier alpha value is -2.43. The van der Waals surface area contributed by atoms with E-state index in [0.717, 1.165) is 23.4 Å². The second-order valence-electron chi connectivity index (χ2n) is 4.73. The van der Waals surface area contributed by atoms with Crippen molar-refractivity contribution < 1.29 is 8.78 Å². The largest absolute Gasteiger partial charge is 0.384 e. The van der Waals surface area contributed by atoms with E-state index >= 15 is 0 Å². The second kappa shape index (κ2) is 5.91. The molecule has 0 saturated heterocycles. The number of halogens is 2. The number of rotatable bonds is 4. The second-order valence-corrected chi connectivity index (χ2v) is 4.73. The molecule has 0 bridgehead atoms. The molecule has 5 heteroatoms. The van der Waals surface area contributed by atoms with Crippen LogP contribution in [0.15, 0.2) is 36.4 Å². The van der Waals surface area contributed by atoms with Crippen LogP contribution in [0.3, 0.4) is 0 Å². The van der Waals surface area contributed by atoms with Crippen LogP contribution in [0.4, 0.5) is 20.2 Å². The van der Waals surface area contributed by atoms with E-state index in [2.05, 4.69) is 0 Å². The molecule has 0 unspecified atom stereocenters. The summed E-state index contributed by atoms with van der Waals surface area (Å²) in [5, 5.41) is 7.28. The molecule has 2 rings (SSSR count). The van der Waals surface area contributed by atoms with Gasteiger partial charge in [-0.3, -0.25) is 5.41 Å². The van der Waals surface area contributed by atoms with Gasteiger partial charge < -0.3 is 10.6 Å². The van der Waals surface area contributed by atoms with Gasteiger partial charge in [0, 0.05) is 17.8 Å². The maximum Gasteiger partial charge on any atom is 0.150 e. The van der Waals surface area contributed by atoms with Crippen molar-refractivity contribution in [2.24, 2.45) is 5.73 Å². The van der Waals surface area contributed by atoms with Crippen molar-refractivity contribution in [2.75, 3.05) is 11.4 Å². The highest BCUT2D eigenvalue weighted by Crippen LogP contribution is 2.32. The summed E-state index contributed by atoms with van der Waals surface area (Å²) in [6.07, 6.45) is 0. The van der Waals surface area contributed by atoms with Gasteiger partial charge in [0.15, 0.2) is 11.6 Å². The predicted molar refractivity (Wildman–Crippen MR) is 81.2 cm³/mol.